The maximum atomic E-state index is 11.7. The largest absolute Gasteiger partial charge is 0.465 e. The summed E-state index contributed by atoms with van der Waals surface area (Å²) in [6.45, 7) is 1.79. The number of carbonyl (C=O) groups is 1. The Morgan fingerprint density at radius 2 is 2.24 bits per heavy atom. The zero-order chi connectivity index (χ0) is 12.3. The molecule has 1 aliphatic heterocycles. The Kier molecular flexibility index (Phi) is 3.73. The highest BCUT2D eigenvalue weighted by Gasteiger charge is 2.20. The SMILES string of the molecule is COC(=O)c1cc(N)cnc1N1CCSCC1. The van der Waals surface area contributed by atoms with Gasteiger partial charge in [0.15, 0.2) is 0 Å². The van der Waals surface area contributed by atoms with E-state index in [1.54, 1.807) is 12.3 Å². The second-order valence-corrected chi connectivity index (χ2v) is 4.96. The van der Waals surface area contributed by atoms with Crippen LogP contribution in [0.1, 0.15) is 10.4 Å². The number of nitrogens with two attached hydrogens (primary N) is 1. The van der Waals surface area contributed by atoms with Crippen molar-refractivity contribution in [2.45, 2.75) is 0 Å². The van der Waals surface area contributed by atoms with Gasteiger partial charge in [0.05, 0.1) is 19.0 Å². The molecule has 0 radical (unpaired) electrons. The zero-order valence-corrected chi connectivity index (χ0v) is 10.5. The number of esters is 1. The fourth-order valence-corrected chi connectivity index (χ4v) is 2.66. The summed E-state index contributed by atoms with van der Waals surface area (Å²) in [6.07, 6.45) is 1.57. The molecule has 0 aromatic carbocycles. The molecule has 1 fully saturated rings. The highest BCUT2D eigenvalue weighted by Crippen LogP contribution is 2.23. The fourth-order valence-electron chi connectivity index (χ4n) is 1.76. The van der Waals surface area contributed by atoms with Crippen LogP contribution in [-0.2, 0) is 4.74 Å². The molecule has 17 heavy (non-hydrogen) atoms. The lowest BCUT2D eigenvalue weighted by atomic mass is 10.2. The summed E-state index contributed by atoms with van der Waals surface area (Å²) in [4.78, 5) is 18.0. The lowest BCUT2D eigenvalue weighted by Gasteiger charge is -2.28. The maximum Gasteiger partial charge on any atom is 0.341 e. The van der Waals surface area contributed by atoms with Crippen molar-refractivity contribution in [1.82, 2.24) is 4.98 Å². The molecule has 0 atom stereocenters. The molecule has 0 unspecified atom stereocenters. The first-order chi connectivity index (χ1) is 8.22. The summed E-state index contributed by atoms with van der Waals surface area (Å²) >= 11 is 1.91. The van der Waals surface area contributed by atoms with Gasteiger partial charge < -0.3 is 15.4 Å². The lowest BCUT2D eigenvalue weighted by Crippen LogP contribution is -2.34. The van der Waals surface area contributed by atoms with Gasteiger partial charge in [0.1, 0.15) is 11.4 Å². The standard InChI is InChI=1S/C11H15N3O2S/c1-16-11(15)9-6-8(12)7-13-10(9)14-2-4-17-5-3-14/h6-7H,2-5,12H2,1H3. The smallest absolute Gasteiger partial charge is 0.341 e. The van der Waals surface area contributed by atoms with Gasteiger partial charge in [0.2, 0.25) is 0 Å². The molecule has 2 rings (SSSR count). The number of hydrogen-bond acceptors (Lipinski definition) is 6. The number of hydrogen-bond donors (Lipinski definition) is 1. The summed E-state index contributed by atoms with van der Waals surface area (Å²) in [5.74, 6) is 2.38. The van der Waals surface area contributed by atoms with Crippen LogP contribution in [-0.4, -0.2) is 42.7 Å². The first-order valence-corrected chi connectivity index (χ1v) is 6.54. The van der Waals surface area contributed by atoms with E-state index in [9.17, 15) is 4.79 Å². The number of rotatable bonds is 2. The molecule has 5 nitrogen and oxygen atoms in total. The molecule has 2 N–H and O–H groups in total. The molecule has 1 saturated heterocycles. The third kappa shape index (κ3) is 2.63. The van der Waals surface area contributed by atoms with Crippen molar-refractivity contribution < 1.29 is 9.53 Å². The predicted octanol–water partition coefficient (Wildman–Crippen LogP) is 1.00. The average molecular weight is 253 g/mol. The Labute approximate surface area is 104 Å². The van der Waals surface area contributed by atoms with Gasteiger partial charge in [0, 0.05) is 24.6 Å². The Morgan fingerprint density at radius 3 is 2.88 bits per heavy atom. The number of carbonyl (C=O) groups excluding carboxylic acids is 1. The molecule has 0 bridgehead atoms. The van der Waals surface area contributed by atoms with Crippen LogP contribution in [0.15, 0.2) is 12.3 Å². The van der Waals surface area contributed by atoms with Crippen molar-refractivity contribution in [2.24, 2.45) is 0 Å². The minimum atomic E-state index is -0.391. The number of aromatic nitrogens is 1. The zero-order valence-electron chi connectivity index (χ0n) is 9.68. The molecule has 0 spiro atoms. The van der Waals surface area contributed by atoms with Crippen LogP contribution < -0.4 is 10.6 Å². The van der Waals surface area contributed by atoms with E-state index in [-0.39, 0.29) is 0 Å². The topological polar surface area (TPSA) is 68.5 Å². The van der Waals surface area contributed by atoms with Crippen LogP contribution in [0.2, 0.25) is 0 Å². The molecular formula is C11H15N3O2S. The summed E-state index contributed by atoms with van der Waals surface area (Å²) in [5.41, 5.74) is 6.57. The number of pyridine rings is 1. The first-order valence-electron chi connectivity index (χ1n) is 5.39. The molecule has 0 saturated carbocycles. The number of thioether (sulfide) groups is 1. The van der Waals surface area contributed by atoms with Crippen molar-refractivity contribution in [1.29, 1.82) is 0 Å². The molecule has 6 heteroatoms. The van der Waals surface area contributed by atoms with Crippen LogP contribution in [0.5, 0.6) is 0 Å². The molecule has 2 heterocycles. The number of anilines is 2. The third-order valence-corrected chi connectivity index (χ3v) is 3.55. The van der Waals surface area contributed by atoms with Crippen LogP contribution in [0, 0.1) is 0 Å². The predicted molar refractivity (Wildman–Crippen MR) is 69.5 cm³/mol. The molecule has 1 aliphatic rings. The van der Waals surface area contributed by atoms with Gasteiger partial charge >= 0.3 is 5.97 Å². The van der Waals surface area contributed by atoms with E-state index in [1.165, 1.54) is 7.11 Å². The fraction of sp³-hybridized carbons (Fsp3) is 0.455. The van der Waals surface area contributed by atoms with Crippen LogP contribution in [0.4, 0.5) is 11.5 Å². The van der Waals surface area contributed by atoms with Crippen LogP contribution in [0.3, 0.4) is 0 Å². The summed E-state index contributed by atoms with van der Waals surface area (Å²) in [6, 6.07) is 1.62. The Hall–Kier alpha value is -1.43. The molecule has 1 aromatic rings. The summed E-state index contributed by atoms with van der Waals surface area (Å²) < 4.78 is 4.76. The number of ether oxygens (including phenoxy) is 1. The summed E-state index contributed by atoms with van der Waals surface area (Å²) in [5, 5.41) is 0. The average Bonchev–Trinajstić information content (AvgIpc) is 2.38. The third-order valence-electron chi connectivity index (χ3n) is 2.60. The van der Waals surface area contributed by atoms with E-state index >= 15 is 0 Å². The number of methoxy groups -OCH3 is 1. The van der Waals surface area contributed by atoms with Gasteiger partial charge in [-0.25, -0.2) is 9.78 Å². The van der Waals surface area contributed by atoms with Gasteiger partial charge in [0.25, 0.3) is 0 Å². The molecule has 1 aromatic heterocycles. The van der Waals surface area contributed by atoms with Gasteiger partial charge in [-0.3, -0.25) is 0 Å². The van der Waals surface area contributed by atoms with E-state index in [2.05, 4.69) is 9.88 Å². The monoisotopic (exact) mass is 253 g/mol. The van der Waals surface area contributed by atoms with E-state index in [0.29, 0.717) is 17.1 Å². The van der Waals surface area contributed by atoms with E-state index in [4.69, 9.17) is 10.5 Å². The van der Waals surface area contributed by atoms with Crippen molar-refractivity contribution in [2.75, 3.05) is 42.3 Å². The molecule has 0 amide bonds. The molecule has 0 aliphatic carbocycles. The minimum absolute atomic E-state index is 0.391. The van der Waals surface area contributed by atoms with Gasteiger partial charge in [-0.15, -0.1) is 0 Å². The van der Waals surface area contributed by atoms with Crippen molar-refractivity contribution in [3.63, 3.8) is 0 Å². The van der Waals surface area contributed by atoms with E-state index in [0.717, 1.165) is 24.6 Å². The Balaban J connectivity index is 2.34. The van der Waals surface area contributed by atoms with Gasteiger partial charge in [-0.1, -0.05) is 0 Å². The maximum absolute atomic E-state index is 11.7. The second-order valence-electron chi connectivity index (χ2n) is 3.73. The second kappa shape index (κ2) is 5.27. The van der Waals surface area contributed by atoms with Crippen molar-refractivity contribution in [3.8, 4) is 0 Å². The minimum Gasteiger partial charge on any atom is -0.465 e. The van der Waals surface area contributed by atoms with Gasteiger partial charge in [-0.2, -0.15) is 11.8 Å². The highest BCUT2D eigenvalue weighted by atomic mass is 32.2. The Morgan fingerprint density at radius 1 is 1.53 bits per heavy atom. The van der Waals surface area contributed by atoms with Crippen LogP contribution >= 0.6 is 11.8 Å². The number of nitrogen functional groups attached to an aromatic ring is 1. The normalized spacial score (nSPS) is 15.7. The highest BCUT2D eigenvalue weighted by molar-refractivity contribution is 7.99. The quantitative estimate of drug-likeness (QED) is 0.793. The molecule has 92 valence electrons. The summed E-state index contributed by atoms with van der Waals surface area (Å²) in [7, 11) is 1.36. The first kappa shape index (κ1) is 12.0. The van der Waals surface area contributed by atoms with Crippen molar-refractivity contribution >= 4 is 29.2 Å². The van der Waals surface area contributed by atoms with E-state index in [1.807, 2.05) is 11.8 Å². The van der Waals surface area contributed by atoms with Crippen LogP contribution in [0.25, 0.3) is 0 Å². The van der Waals surface area contributed by atoms with Crippen molar-refractivity contribution in [3.05, 3.63) is 17.8 Å². The lowest BCUT2D eigenvalue weighted by molar-refractivity contribution is 0.0601. The Bertz CT molecular complexity index is 419. The molecular weight excluding hydrogens is 238 g/mol. The number of nitrogens with zero attached hydrogens (tertiary/aromatic N) is 2. The van der Waals surface area contributed by atoms with E-state index < -0.39 is 5.97 Å². The van der Waals surface area contributed by atoms with Gasteiger partial charge in [-0.05, 0) is 6.07 Å².